The Morgan fingerprint density at radius 1 is 1.30 bits per heavy atom. The van der Waals surface area contributed by atoms with Gasteiger partial charge in [-0.2, -0.15) is 5.10 Å². The highest BCUT2D eigenvalue weighted by molar-refractivity contribution is 9.10. The van der Waals surface area contributed by atoms with Crippen LogP contribution in [0.15, 0.2) is 46.4 Å². The summed E-state index contributed by atoms with van der Waals surface area (Å²) >= 11 is 4.89. The third-order valence-corrected chi connectivity index (χ3v) is 4.65. The Balaban J connectivity index is 2.17. The number of carbonyl (C=O) groups excluding carboxylic acids is 1. The molecule has 1 aromatic carbocycles. The quantitative estimate of drug-likeness (QED) is 0.659. The molecule has 0 unspecified atom stereocenters. The summed E-state index contributed by atoms with van der Waals surface area (Å²) in [6, 6.07) is 8.19. The van der Waals surface area contributed by atoms with Gasteiger partial charge in [-0.05, 0) is 39.5 Å². The fraction of sp³-hybridized carbons (Fsp3) is 0. The minimum Gasteiger partial charge on any atom is -0.298 e. The largest absolute Gasteiger partial charge is 0.298 e. The van der Waals surface area contributed by atoms with Crippen LogP contribution in [0.1, 0.15) is 10.4 Å². The van der Waals surface area contributed by atoms with Gasteiger partial charge < -0.3 is 0 Å². The van der Waals surface area contributed by atoms with E-state index in [1.807, 2.05) is 11.4 Å². The molecule has 0 N–H and O–H groups in total. The number of nitrogens with zero attached hydrogens (tertiary/aromatic N) is 2. The summed E-state index contributed by atoms with van der Waals surface area (Å²) in [6.45, 7) is 0. The van der Waals surface area contributed by atoms with Gasteiger partial charge in [-0.1, -0.05) is 12.1 Å². The smallest absolute Gasteiger partial charge is 0.153 e. The van der Waals surface area contributed by atoms with E-state index in [4.69, 9.17) is 0 Å². The maximum atomic E-state index is 13.8. The van der Waals surface area contributed by atoms with Crippen LogP contribution < -0.4 is 0 Å². The molecule has 0 amide bonds. The first-order chi connectivity index (χ1) is 9.70. The number of benzene rings is 1. The van der Waals surface area contributed by atoms with Crippen molar-refractivity contribution < 1.29 is 9.18 Å². The molecule has 100 valence electrons. The fourth-order valence-electron chi connectivity index (χ4n) is 1.87. The van der Waals surface area contributed by atoms with Crippen LogP contribution in [0.25, 0.3) is 16.3 Å². The molecule has 20 heavy (non-hydrogen) atoms. The molecule has 3 aromatic rings. The number of halogens is 2. The number of rotatable bonds is 3. The van der Waals surface area contributed by atoms with Crippen molar-refractivity contribution in [1.82, 2.24) is 9.78 Å². The van der Waals surface area contributed by atoms with Gasteiger partial charge >= 0.3 is 0 Å². The molecule has 0 fully saturated rings. The van der Waals surface area contributed by atoms with Gasteiger partial charge in [0.2, 0.25) is 0 Å². The molecule has 2 aromatic heterocycles. The van der Waals surface area contributed by atoms with Crippen molar-refractivity contribution in [3.05, 3.63) is 57.8 Å². The van der Waals surface area contributed by atoms with Gasteiger partial charge in [-0.25, -0.2) is 9.07 Å². The maximum Gasteiger partial charge on any atom is 0.153 e. The molecule has 0 spiro atoms. The zero-order valence-corrected chi connectivity index (χ0v) is 12.5. The highest BCUT2D eigenvalue weighted by Gasteiger charge is 2.16. The molecule has 3 nitrogen and oxygen atoms in total. The van der Waals surface area contributed by atoms with Crippen LogP contribution in [-0.2, 0) is 0 Å². The number of aldehydes is 1. The monoisotopic (exact) mass is 350 g/mol. The van der Waals surface area contributed by atoms with Crippen LogP contribution in [0.2, 0.25) is 0 Å². The van der Waals surface area contributed by atoms with E-state index in [1.54, 1.807) is 18.2 Å². The predicted octanol–water partition coefficient (Wildman–Crippen LogP) is 4.31. The van der Waals surface area contributed by atoms with Crippen LogP contribution >= 0.6 is 27.3 Å². The zero-order chi connectivity index (χ0) is 14.1. The normalized spacial score (nSPS) is 10.7. The topological polar surface area (TPSA) is 34.9 Å². The Labute approximate surface area is 126 Å². The van der Waals surface area contributed by atoms with Crippen LogP contribution in [0.3, 0.4) is 0 Å². The first kappa shape index (κ1) is 13.2. The highest BCUT2D eigenvalue weighted by Crippen LogP contribution is 2.34. The molecule has 0 aliphatic rings. The van der Waals surface area contributed by atoms with Crippen molar-refractivity contribution in [2.45, 2.75) is 0 Å². The summed E-state index contributed by atoms with van der Waals surface area (Å²) in [6.07, 6.45) is 2.26. The lowest BCUT2D eigenvalue weighted by atomic mass is 10.2. The summed E-state index contributed by atoms with van der Waals surface area (Å²) < 4.78 is 16.0. The van der Waals surface area contributed by atoms with E-state index in [0.717, 1.165) is 15.6 Å². The second kappa shape index (κ2) is 5.30. The second-order valence-corrected chi connectivity index (χ2v) is 5.81. The Morgan fingerprint density at radius 3 is 2.75 bits per heavy atom. The fourth-order valence-corrected chi connectivity index (χ4v) is 3.44. The molecular weight excluding hydrogens is 343 g/mol. The van der Waals surface area contributed by atoms with E-state index >= 15 is 0 Å². The molecule has 3 rings (SSSR count). The molecule has 0 saturated heterocycles. The van der Waals surface area contributed by atoms with Crippen molar-refractivity contribution in [3.63, 3.8) is 0 Å². The van der Waals surface area contributed by atoms with Crippen LogP contribution in [0, 0.1) is 5.82 Å². The standard InChI is InChI=1S/C14H8BrFN2OS/c15-10-5-6-20-14(10)13-9(8-19)7-18(17-13)12-4-2-1-3-11(12)16/h1-8H. The first-order valence-corrected chi connectivity index (χ1v) is 7.41. The number of hydrogen-bond acceptors (Lipinski definition) is 3. The van der Waals surface area contributed by atoms with Crippen molar-refractivity contribution in [2.75, 3.05) is 0 Å². The van der Waals surface area contributed by atoms with Crippen molar-refractivity contribution in [3.8, 4) is 16.3 Å². The van der Waals surface area contributed by atoms with E-state index in [-0.39, 0.29) is 5.82 Å². The molecule has 2 heterocycles. The lowest BCUT2D eigenvalue weighted by Gasteiger charge is -2.01. The Morgan fingerprint density at radius 2 is 2.10 bits per heavy atom. The van der Waals surface area contributed by atoms with Gasteiger partial charge in [0, 0.05) is 10.7 Å². The molecule has 0 bridgehead atoms. The molecule has 6 heteroatoms. The third-order valence-electron chi connectivity index (χ3n) is 2.80. The van der Waals surface area contributed by atoms with Crippen LogP contribution in [-0.4, -0.2) is 16.1 Å². The molecule has 0 atom stereocenters. The number of hydrogen-bond donors (Lipinski definition) is 0. The van der Waals surface area contributed by atoms with Gasteiger partial charge in [-0.3, -0.25) is 4.79 Å². The van der Waals surface area contributed by atoms with E-state index in [9.17, 15) is 9.18 Å². The van der Waals surface area contributed by atoms with E-state index in [2.05, 4.69) is 21.0 Å². The molecule has 0 aliphatic carbocycles. The van der Waals surface area contributed by atoms with Crippen LogP contribution in [0.5, 0.6) is 0 Å². The van der Waals surface area contributed by atoms with E-state index in [1.165, 1.54) is 28.3 Å². The lowest BCUT2D eigenvalue weighted by molar-refractivity contribution is 0.112. The second-order valence-electron chi connectivity index (χ2n) is 4.04. The summed E-state index contributed by atoms with van der Waals surface area (Å²) in [5.74, 6) is -0.385. The lowest BCUT2D eigenvalue weighted by Crippen LogP contribution is -1.97. The first-order valence-electron chi connectivity index (χ1n) is 5.74. The van der Waals surface area contributed by atoms with Gasteiger partial charge in [0.1, 0.15) is 17.2 Å². The summed E-state index contributed by atoms with van der Waals surface area (Å²) in [5, 5.41) is 6.24. The third kappa shape index (κ3) is 2.21. The molecule has 0 aliphatic heterocycles. The summed E-state index contributed by atoms with van der Waals surface area (Å²) in [4.78, 5) is 12.1. The van der Waals surface area contributed by atoms with E-state index in [0.29, 0.717) is 16.9 Å². The number of carbonyl (C=O) groups is 1. The Kier molecular flexibility index (Phi) is 3.50. The molecular formula is C14H8BrFN2OS. The van der Waals surface area contributed by atoms with Crippen molar-refractivity contribution >= 4 is 33.6 Å². The summed E-state index contributed by atoms with van der Waals surface area (Å²) in [5.41, 5.74) is 1.29. The van der Waals surface area contributed by atoms with Crippen molar-refractivity contribution in [2.24, 2.45) is 0 Å². The zero-order valence-electron chi connectivity index (χ0n) is 10.1. The summed E-state index contributed by atoms with van der Waals surface area (Å²) in [7, 11) is 0. The van der Waals surface area contributed by atoms with Gasteiger partial charge in [0.15, 0.2) is 6.29 Å². The maximum absolute atomic E-state index is 13.8. The Bertz CT molecular complexity index is 781. The average Bonchev–Trinajstić information content (AvgIpc) is 3.04. The SMILES string of the molecule is O=Cc1cn(-c2ccccc2F)nc1-c1sccc1Br. The van der Waals surface area contributed by atoms with Gasteiger partial charge in [-0.15, -0.1) is 11.3 Å². The Hall–Kier alpha value is -1.79. The minimum atomic E-state index is -0.385. The number of para-hydroxylation sites is 1. The molecule has 0 saturated carbocycles. The average molecular weight is 351 g/mol. The number of aromatic nitrogens is 2. The van der Waals surface area contributed by atoms with Crippen LogP contribution in [0.4, 0.5) is 4.39 Å². The predicted molar refractivity (Wildman–Crippen MR) is 79.9 cm³/mol. The highest BCUT2D eigenvalue weighted by atomic mass is 79.9. The van der Waals surface area contributed by atoms with Gasteiger partial charge in [0.05, 0.1) is 10.4 Å². The van der Waals surface area contributed by atoms with Crippen molar-refractivity contribution in [1.29, 1.82) is 0 Å². The molecule has 0 radical (unpaired) electrons. The van der Waals surface area contributed by atoms with E-state index < -0.39 is 0 Å². The van der Waals surface area contributed by atoms with Gasteiger partial charge in [0.25, 0.3) is 0 Å². The number of thiophene rings is 1. The minimum absolute atomic E-state index is 0.314.